The van der Waals surface area contributed by atoms with E-state index in [0.29, 0.717) is 0 Å². The molecule has 1 atom stereocenters. The summed E-state index contributed by atoms with van der Waals surface area (Å²) in [5.41, 5.74) is 0.860. The molecule has 0 spiro atoms. The molecule has 2 aromatic rings. The summed E-state index contributed by atoms with van der Waals surface area (Å²) in [6.45, 7) is 0. The average molecular weight is 259 g/mol. The number of aromatic nitrogens is 1. The number of amides is 3. The third-order valence-electron chi connectivity index (χ3n) is 2.60. The van der Waals surface area contributed by atoms with Gasteiger partial charge in [-0.25, -0.2) is 4.79 Å². The van der Waals surface area contributed by atoms with E-state index in [9.17, 15) is 9.59 Å². The molecule has 1 aliphatic rings. The van der Waals surface area contributed by atoms with Crippen LogP contribution in [-0.4, -0.2) is 16.9 Å². The first-order valence-corrected chi connectivity index (χ1v) is 6.18. The number of thiophene rings is 1. The number of nitrogens with one attached hydrogen (secondary N) is 2. The number of pyridine rings is 1. The van der Waals surface area contributed by atoms with E-state index in [4.69, 9.17) is 0 Å². The van der Waals surface area contributed by atoms with E-state index in [2.05, 4.69) is 15.6 Å². The molecule has 2 aromatic heterocycles. The maximum Gasteiger partial charge on any atom is 0.322 e. The summed E-state index contributed by atoms with van der Waals surface area (Å²) in [5, 5.41) is 4.79. The predicted octanol–water partition coefficient (Wildman–Crippen LogP) is 1.69. The van der Waals surface area contributed by atoms with Gasteiger partial charge in [0.25, 0.3) is 5.91 Å². The van der Waals surface area contributed by atoms with Crippen molar-refractivity contribution in [1.82, 2.24) is 15.6 Å². The summed E-state index contributed by atoms with van der Waals surface area (Å²) < 4.78 is 0. The van der Waals surface area contributed by atoms with Crippen molar-refractivity contribution in [3.05, 3.63) is 41.4 Å². The molecule has 90 valence electrons. The van der Waals surface area contributed by atoms with Gasteiger partial charge in [-0.3, -0.25) is 15.1 Å². The smallest absolute Gasteiger partial charge is 0.321 e. The third kappa shape index (κ3) is 1.86. The molecule has 0 radical (unpaired) electrons. The van der Waals surface area contributed by atoms with Crippen LogP contribution < -0.4 is 10.6 Å². The molecule has 0 unspecified atom stereocenters. The van der Waals surface area contributed by atoms with Gasteiger partial charge in [0.1, 0.15) is 6.04 Å². The zero-order chi connectivity index (χ0) is 12.5. The lowest BCUT2D eigenvalue weighted by atomic mass is 10.2. The lowest BCUT2D eigenvalue weighted by molar-refractivity contribution is -0.120. The van der Waals surface area contributed by atoms with Gasteiger partial charge in [-0.1, -0.05) is 6.07 Å². The number of urea groups is 1. The summed E-state index contributed by atoms with van der Waals surface area (Å²) in [6.07, 6.45) is 1.72. The van der Waals surface area contributed by atoms with E-state index in [1.807, 2.05) is 30.3 Å². The first kappa shape index (κ1) is 10.9. The first-order chi connectivity index (χ1) is 8.74. The number of hydrogen-bond acceptors (Lipinski definition) is 4. The molecule has 3 rings (SSSR count). The summed E-state index contributed by atoms with van der Waals surface area (Å²) in [4.78, 5) is 28.6. The van der Waals surface area contributed by atoms with E-state index < -0.39 is 12.1 Å². The molecule has 1 aliphatic heterocycles. The standard InChI is InChI=1S/C12H9N3O2S/c16-11-10(14-12(17)15-11)9-5-4-8(18-9)7-3-1-2-6-13-7/h1-6,10H,(H2,14,15,16,17)/t10-/m0/s1. The van der Waals surface area contributed by atoms with Crippen LogP contribution >= 0.6 is 11.3 Å². The molecular weight excluding hydrogens is 250 g/mol. The number of imide groups is 1. The van der Waals surface area contributed by atoms with Gasteiger partial charge in [0, 0.05) is 11.1 Å². The fourth-order valence-corrected chi connectivity index (χ4v) is 2.81. The Morgan fingerprint density at radius 2 is 2.06 bits per heavy atom. The molecule has 6 heteroatoms. The minimum atomic E-state index is -0.583. The molecular formula is C12H9N3O2S. The van der Waals surface area contributed by atoms with Crippen LogP contribution in [0.1, 0.15) is 10.9 Å². The summed E-state index contributed by atoms with van der Waals surface area (Å²) in [5.74, 6) is -0.311. The van der Waals surface area contributed by atoms with Crippen molar-refractivity contribution >= 4 is 23.3 Å². The highest BCUT2D eigenvalue weighted by Gasteiger charge is 2.31. The molecule has 0 aromatic carbocycles. The Balaban J connectivity index is 1.91. The topological polar surface area (TPSA) is 71.1 Å². The van der Waals surface area contributed by atoms with Gasteiger partial charge in [0.05, 0.1) is 10.6 Å². The highest BCUT2D eigenvalue weighted by Crippen LogP contribution is 2.31. The van der Waals surface area contributed by atoms with Crippen LogP contribution in [0.15, 0.2) is 36.5 Å². The monoisotopic (exact) mass is 259 g/mol. The first-order valence-electron chi connectivity index (χ1n) is 5.36. The van der Waals surface area contributed by atoms with Crippen molar-refractivity contribution < 1.29 is 9.59 Å². The lowest BCUT2D eigenvalue weighted by Crippen LogP contribution is -2.22. The highest BCUT2D eigenvalue weighted by molar-refractivity contribution is 7.15. The van der Waals surface area contributed by atoms with Gasteiger partial charge >= 0.3 is 6.03 Å². The van der Waals surface area contributed by atoms with Gasteiger partial charge < -0.3 is 5.32 Å². The molecule has 3 amide bonds. The quantitative estimate of drug-likeness (QED) is 0.806. The second-order valence-corrected chi connectivity index (χ2v) is 4.93. The summed E-state index contributed by atoms with van der Waals surface area (Å²) in [7, 11) is 0. The van der Waals surface area contributed by atoms with Gasteiger partial charge in [0.15, 0.2) is 0 Å². The summed E-state index contributed by atoms with van der Waals surface area (Å²) >= 11 is 1.45. The Kier molecular flexibility index (Phi) is 2.56. The van der Waals surface area contributed by atoms with E-state index >= 15 is 0 Å². The largest absolute Gasteiger partial charge is 0.322 e. The highest BCUT2D eigenvalue weighted by atomic mass is 32.1. The van der Waals surface area contributed by atoms with Gasteiger partial charge in [-0.2, -0.15) is 0 Å². The van der Waals surface area contributed by atoms with E-state index in [1.165, 1.54) is 11.3 Å². The summed E-state index contributed by atoms with van der Waals surface area (Å²) in [6, 6.07) is 8.37. The van der Waals surface area contributed by atoms with Gasteiger partial charge in [-0.05, 0) is 24.3 Å². The van der Waals surface area contributed by atoms with Crippen LogP contribution in [0.2, 0.25) is 0 Å². The lowest BCUT2D eigenvalue weighted by Gasteiger charge is -2.02. The molecule has 5 nitrogen and oxygen atoms in total. The Labute approximate surface area is 107 Å². The maximum absolute atomic E-state index is 11.5. The Bertz CT molecular complexity index is 609. The van der Waals surface area contributed by atoms with Crippen molar-refractivity contribution in [2.45, 2.75) is 6.04 Å². The van der Waals surface area contributed by atoms with Crippen LogP contribution in [0, 0.1) is 0 Å². The molecule has 0 saturated carbocycles. The van der Waals surface area contributed by atoms with Crippen molar-refractivity contribution in [3.8, 4) is 10.6 Å². The van der Waals surface area contributed by atoms with Crippen LogP contribution in [-0.2, 0) is 4.79 Å². The van der Waals surface area contributed by atoms with Crippen LogP contribution in [0.4, 0.5) is 4.79 Å². The number of hydrogen-bond donors (Lipinski definition) is 2. The van der Waals surface area contributed by atoms with E-state index in [1.54, 1.807) is 6.20 Å². The van der Waals surface area contributed by atoms with Crippen molar-refractivity contribution in [2.24, 2.45) is 0 Å². The van der Waals surface area contributed by atoms with Crippen LogP contribution in [0.25, 0.3) is 10.6 Å². The minimum absolute atomic E-state index is 0.311. The second kappa shape index (κ2) is 4.23. The normalized spacial score (nSPS) is 18.6. The zero-order valence-electron chi connectivity index (χ0n) is 9.21. The Morgan fingerprint density at radius 1 is 1.17 bits per heavy atom. The van der Waals surface area contributed by atoms with Gasteiger partial charge in [-0.15, -0.1) is 11.3 Å². The van der Waals surface area contributed by atoms with E-state index in [0.717, 1.165) is 15.4 Å². The van der Waals surface area contributed by atoms with Gasteiger partial charge in [0.2, 0.25) is 0 Å². The average Bonchev–Trinajstić information content (AvgIpc) is 2.97. The Morgan fingerprint density at radius 3 is 2.72 bits per heavy atom. The molecule has 0 bridgehead atoms. The zero-order valence-corrected chi connectivity index (χ0v) is 10.0. The number of carbonyl (C=O) groups excluding carboxylic acids is 2. The molecule has 1 fully saturated rings. The molecule has 1 saturated heterocycles. The van der Waals surface area contributed by atoms with Crippen molar-refractivity contribution in [2.75, 3.05) is 0 Å². The molecule has 3 heterocycles. The fraction of sp³-hybridized carbons (Fsp3) is 0.0833. The second-order valence-electron chi connectivity index (χ2n) is 3.81. The SMILES string of the molecule is O=C1NC(=O)[C@H](c2ccc(-c3ccccn3)s2)N1. The molecule has 18 heavy (non-hydrogen) atoms. The molecule has 2 N–H and O–H groups in total. The maximum atomic E-state index is 11.5. The number of carbonyl (C=O) groups is 2. The number of rotatable bonds is 2. The fourth-order valence-electron chi connectivity index (χ4n) is 1.77. The van der Waals surface area contributed by atoms with Crippen molar-refractivity contribution in [3.63, 3.8) is 0 Å². The number of nitrogens with zero attached hydrogens (tertiary/aromatic N) is 1. The van der Waals surface area contributed by atoms with Crippen LogP contribution in [0.5, 0.6) is 0 Å². The van der Waals surface area contributed by atoms with E-state index in [-0.39, 0.29) is 5.91 Å². The minimum Gasteiger partial charge on any atom is -0.321 e. The predicted molar refractivity (Wildman–Crippen MR) is 67.0 cm³/mol. The molecule has 0 aliphatic carbocycles. The Hall–Kier alpha value is -2.21. The van der Waals surface area contributed by atoms with Crippen molar-refractivity contribution in [1.29, 1.82) is 0 Å². The van der Waals surface area contributed by atoms with Crippen LogP contribution in [0.3, 0.4) is 0 Å². The third-order valence-corrected chi connectivity index (χ3v) is 3.78.